The summed E-state index contributed by atoms with van der Waals surface area (Å²) in [4.78, 5) is 0. The van der Waals surface area contributed by atoms with Gasteiger partial charge in [-0.15, -0.1) is 0 Å². The van der Waals surface area contributed by atoms with Gasteiger partial charge in [0.15, 0.2) is 0 Å². The van der Waals surface area contributed by atoms with E-state index in [0.717, 1.165) is 5.75 Å². The van der Waals surface area contributed by atoms with Crippen molar-refractivity contribution < 1.29 is 4.52 Å². The first-order chi connectivity index (χ1) is 9.92. The van der Waals surface area contributed by atoms with Crippen molar-refractivity contribution in [2.75, 3.05) is 0 Å². The van der Waals surface area contributed by atoms with Gasteiger partial charge in [-0.1, -0.05) is 72.8 Å². The van der Waals surface area contributed by atoms with Crippen LogP contribution in [0.1, 0.15) is 0 Å². The molecule has 3 aromatic rings. The Morgan fingerprint density at radius 1 is 0.550 bits per heavy atom. The largest absolute Gasteiger partial charge is 0.472 e. The molecule has 1 unspecified atom stereocenters. The summed E-state index contributed by atoms with van der Waals surface area (Å²) in [5.74, 6) is 0.915. The molecule has 0 aromatic heterocycles. The first kappa shape index (κ1) is 12.9. The van der Waals surface area contributed by atoms with Gasteiger partial charge < -0.3 is 4.52 Å². The predicted molar refractivity (Wildman–Crippen MR) is 86.9 cm³/mol. The SMILES string of the molecule is c1ccc(OPc2ccc(-c3ccccc3)cc2)cc1. The standard InChI is InChI=1S/C18H15OP/c1-3-7-15(8-4-1)16-11-13-18(14-12-16)20-19-17-9-5-2-6-10-17/h1-14,20H. The lowest BCUT2D eigenvalue weighted by atomic mass is 10.1. The summed E-state index contributed by atoms with van der Waals surface area (Å²) in [5, 5.41) is 1.20. The normalized spacial score (nSPS) is 10.8. The van der Waals surface area contributed by atoms with Gasteiger partial charge in [-0.25, -0.2) is 0 Å². The van der Waals surface area contributed by atoms with E-state index >= 15 is 0 Å². The summed E-state index contributed by atoms with van der Waals surface area (Å²) in [6.07, 6.45) is 0. The molecular formula is C18H15OP. The molecule has 3 rings (SSSR count). The monoisotopic (exact) mass is 278 g/mol. The summed E-state index contributed by atoms with van der Waals surface area (Å²) >= 11 is 0. The van der Waals surface area contributed by atoms with E-state index in [-0.39, 0.29) is 0 Å². The van der Waals surface area contributed by atoms with Gasteiger partial charge >= 0.3 is 0 Å². The number of para-hydroxylation sites is 1. The summed E-state index contributed by atoms with van der Waals surface area (Å²) in [6, 6.07) is 28.9. The Hall–Kier alpha value is -2.11. The molecule has 3 aromatic carbocycles. The highest BCUT2D eigenvalue weighted by molar-refractivity contribution is 7.42. The first-order valence-electron chi connectivity index (χ1n) is 6.55. The van der Waals surface area contributed by atoms with Gasteiger partial charge in [-0.05, 0) is 23.3 Å². The van der Waals surface area contributed by atoms with Crippen LogP contribution in [0.25, 0.3) is 11.1 Å². The maximum Gasteiger partial charge on any atom is 0.123 e. The van der Waals surface area contributed by atoms with Crippen molar-refractivity contribution in [3.05, 3.63) is 84.9 Å². The molecule has 0 radical (unpaired) electrons. The lowest BCUT2D eigenvalue weighted by molar-refractivity contribution is 0.638. The van der Waals surface area contributed by atoms with E-state index in [1.807, 2.05) is 36.4 Å². The van der Waals surface area contributed by atoms with Crippen LogP contribution in [0.4, 0.5) is 0 Å². The third-order valence-corrected chi connectivity index (χ3v) is 3.93. The van der Waals surface area contributed by atoms with Gasteiger partial charge in [-0.2, -0.15) is 0 Å². The van der Waals surface area contributed by atoms with E-state index in [4.69, 9.17) is 4.52 Å². The van der Waals surface area contributed by atoms with Crippen molar-refractivity contribution in [3.8, 4) is 16.9 Å². The van der Waals surface area contributed by atoms with E-state index < -0.39 is 0 Å². The zero-order valence-electron chi connectivity index (χ0n) is 11.0. The summed E-state index contributed by atoms with van der Waals surface area (Å²) in [5.41, 5.74) is 2.48. The highest BCUT2D eigenvalue weighted by Crippen LogP contribution is 2.22. The zero-order chi connectivity index (χ0) is 13.6. The number of hydrogen-bond donors (Lipinski definition) is 0. The second kappa shape index (κ2) is 6.36. The van der Waals surface area contributed by atoms with Crippen molar-refractivity contribution >= 4 is 14.1 Å². The van der Waals surface area contributed by atoms with Crippen LogP contribution < -0.4 is 9.83 Å². The lowest BCUT2D eigenvalue weighted by Crippen LogP contribution is -1.96. The average molecular weight is 278 g/mol. The van der Waals surface area contributed by atoms with E-state index in [1.165, 1.54) is 16.4 Å². The maximum absolute atomic E-state index is 5.77. The van der Waals surface area contributed by atoms with Crippen LogP contribution in [-0.4, -0.2) is 0 Å². The van der Waals surface area contributed by atoms with Crippen LogP contribution >= 0.6 is 8.81 Å². The molecule has 0 N–H and O–H groups in total. The van der Waals surface area contributed by atoms with Crippen molar-refractivity contribution in [3.63, 3.8) is 0 Å². The van der Waals surface area contributed by atoms with Crippen LogP contribution in [0.15, 0.2) is 84.9 Å². The summed E-state index contributed by atoms with van der Waals surface area (Å²) in [6.45, 7) is 0. The number of hydrogen-bond acceptors (Lipinski definition) is 1. The number of benzene rings is 3. The molecular weight excluding hydrogens is 263 g/mol. The molecule has 2 heteroatoms. The molecule has 1 atom stereocenters. The zero-order valence-corrected chi connectivity index (χ0v) is 12.0. The van der Waals surface area contributed by atoms with E-state index in [9.17, 15) is 0 Å². The Labute approximate surface area is 121 Å². The third-order valence-electron chi connectivity index (χ3n) is 3.02. The van der Waals surface area contributed by atoms with Crippen molar-refractivity contribution in [2.24, 2.45) is 0 Å². The molecule has 0 aliphatic carbocycles. The van der Waals surface area contributed by atoms with E-state index in [1.54, 1.807) is 0 Å². The van der Waals surface area contributed by atoms with Crippen LogP contribution in [0.3, 0.4) is 0 Å². The Balaban J connectivity index is 1.68. The first-order valence-corrected chi connectivity index (χ1v) is 7.46. The quantitative estimate of drug-likeness (QED) is 0.631. The van der Waals surface area contributed by atoms with E-state index in [0.29, 0.717) is 8.81 Å². The highest BCUT2D eigenvalue weighted by atomic mass is 31.1. The second-order valence-electron chi connectivity index (χ2n) is 4.46. The molecule has 98 valence electrons. The Kier molecular flexibility index (Phi) is 4.10. The molecule has 0 bridgehead atoms. The Morgan fingerprint density at radius 2 is 1.10 bits per heavy atom. The van der Waals surface area contributed by atoms with Gasteiger partial charge in [-0.3, -0.25) is 0 Å². The second-order valence-corrected chi connectivity index (χ2v) is 5.45. The van der Waals surface area contributed by atoms with Gasteiger partial charge in [0.1, 0.15) is 14.6 Å². The molecule has 20 heavy (non-hydrogen) atoms. The third kappa shape index (κ3) is 3.26. The molecule has 0 saturated carbocycles. The molecule has 0 spiro atoms. The van der Waals surface area contributed by atoms with Gasteiger partial charge in [0, 0.05) is 5.30 Å². The minimum Gasteiger partial charge on any atom is -0.472 e. The molecule has 0 fully saturated rings. The van der Waals surface area contributed by atoms with Crippen molar-refractivity contribution in [1.29, 1.82) is 0 Å². The van der Waals surface area contributed by atoms with Crippen LogP contribution in [0.5, 0.6) is 5.75 Å². The highest BCUT2D eigenvalue weighted by Gasteiger charge is 1.99. The molecule has 0 heterocycles. The fourth-order valence-corrected chi connectivity index (χ4v) is 2.64. The van der Waals surface area contributed by atoms with Gasteiger partial charge in [0.05, 0.1) is 0 Å². The van der Waals surface area contributed by atoms with Crippen molar-refractivity contribution in [2.45, 2.75) is 0 Å². The molecule has 0 saturated heterocycles. The molecule has 0 aliphatic heterocycles. The topological polar surface area (TPSA) is 9.23 Å². The molecule has 0 amide bonds. The molecule has 0 aliphatic rings. The fourth-order valence-electron chi connectivity index (χ4n) is 1.97. The Morgan fingerprint density at radius 3 is 1.75 bits per heavy atom. The number of rotatable bonds is 4. The fraction of sp³-hybridized carbons (Fsp3) is 0. The van der Waals surface area contributed by atoms with E-state index in [2.05, 4.69) is 48.5 Å². The van der Waals surface area contributed by atoms with Gasteiger partial charge in [0.25, 0.3) is 0 Å². The van der Waals surface area contributed by atoms with Crippen LogP contribution in [-0.2, 0) is 0 Å². The predicted octanol–water partition coefficient (Wildman–Crippen LogP) is 4.65. The van der Waals surface area contributed by atoms with Crippen molar-refractivity contribution in [1.82, 2.24) is 0 Å². The van der Waals surface area contributed by atoms with Crippen LogP contribution in [0.2, 0.25) is 0 Å². The minimum atomic E-state index is 0.336. The smallest absolute Gasteiger partial charge is 0.123 e. The minimum absolute atomic E-state index is 0.336. The maximum atomic E-state index is 5.77. The van der Waals surface area contributed by atoms with Crippen LogP contribution in [0, 0.1) is 0 Å². The average Bonchev–Trinajstić information content (AvgIpc) is 2.55. The lowest BCUT2D eigenvalue weighted by Gasteiger charge is -2.06. The Bertz CT molecular complexity index is 648. The summed E-state index contributed by atoms with van der Waals surface area (Å²) in [7, 11) is 0.336. The summed E-state index contributed by atoms with van der Waals surface area (Å²) < 4.78 is 5.77. The van der Waals surface area contributed by atoms with Gasteiger partial charge in [0.2, 0.25) is 0 Å². The molecule has 1 nitrogen and oxygen atoms in total.